The van der Waals surface area contributed by atoms with E-state index in [9.17, 15) is 0 Å². The number of hydrogen-bond acceptors (Lipinski definition) is 2. The summed E-state index contributed by atoms with van der Waals surface area (Å²) in [7, 11) is 0. The van der Waals surface area contributed by atoms with E-state index in [1.54, 1.807) is 0 Å². The molecule has 2 nitrogen and oxygen atoms in total. The lowest BCUT2D eigenvalue weighted by atomic mass is 10.1. The second kappa shape index (κ2) is 2.03. The molecule has 0 saturated carbocycles. The predicted octanol–water partition coefficient (Wildman–Crippen LogP) is 0.402. The molecule has 0 aromatic heterocycles. The Hall–Kier alpha value is -0.0800. The Morgan fingerprint density at radius 3 is 2.25 bits per heavy atom. The van der Waals surface area contributed by atoms with Gasteiger partial charge < -0.3 is 9.84 Å². The third-order valence-corrected chi connectivity index (χ3v) is 1.42. The smallest absolute Gasteiger partial charge is 0.107 e. The molecule has 1 aliphatic heterocycles. The number of ether oxygens (including phenoxy) is 1. The summed E-state index contributed by atoms with van der Waals surface area (Å²) < 4.78 is 4.88. The molecule has 0 unspecified atom stereocenters. The first-order valence-electron chi connectivity index (χ1n) is 3.01. The Bertz CT molecular complexity index is 74.6. The van der Waals surface area contributed by atoms with Crippen molar-refractivity contribution in [3.8, 4) is 0 Å². The first kappa shape index (κ1) is 6.05. The van der Waals surface area contributed by atoms with Gasteiger partial charge in [0, 0.05) is 0 Å². The summed E-state index contributed by atoms with van der Waals surface area (Å²) in [5.41, 5.74) is 0. The van der Waals surface area contributed by atoms with Crippen LogP contribution in [0, 0.1) is 5.92 Å². The van der Waals surface area contributed by atoms with Crippen LogP contribution in [0.5, 0.6) is 0 Å². The van der Waals surface area contributed by atoms with Crippen LogP contribution < -0.4 is 0 Å². The summed E-state index contributed by atoms with van der Waals surface area (Å²) in [6, 6.07) is 0. The van der Waals surface area contributed by atoms with Gasteiger partial charge in [0.15, 0.2) is 0 Å². The maximum atomic E-state index is 9.14. The maximum Gasteiger partial charge on any atom is 0.107 e. The Kier molecular flexibility index (Phi) is 1.54. The summed E-state index contributed by atoms with van der Waals surface area (Å²) in [5.74, 6) is 0.336. The zero-order chi connectivity index (χ0) is 6.15. The summed E-state index contributed by atoms with van der Waals surface area (Å²) in [4.78, 5) is 0. The summed E-state index contributed by atoms with van der Waals surface area (Å²) in [6.07, 6.45) is -0.0926. The highest BCUT2D eigenvalue weighted by Crippen LogP contribution is 2.19. The van der Waals surface area contributed by atoms with Gasteiger partial charge in [-0.2, -0.15) is 0 Å². The van der Waals surface area contributed by atoms with Crippen LogP contribution >= 0.6 is 0 Å². The fourth-order valence-electron chi connectivity index (χ4n) is 0.682. The Morgan fingerprint density at radius 2 is 2.12 bits per heavy atom. The lowest BCUT2D eigenvalue weighted by Gasteiger charge is -2.09. The normalized spacial score (nSPS) is 30.8. The Labute approximate surface area is 49.5 Å². The van der Waals surface area contributed by atoms with Crippen LogP contribution in [0.15, 0.2) is 0 Å². The summed E-state index contributed by atoms with van der Waals surface area (Å²) in [6.45, 7) is 4.73. The molecule has 0 bridgehead atoms. The topological polar surface area (TPSA) is 32.8 Å². The molecular weight excluding hydrogens is 104 g/mol. The van der Waals surface area contributed by atoms with E-state index in [0.29, 0.717) is 5.92 Å². The van der Waals surface area contributed by atoms with Crippen molar-refractivity contribution in [3.63, 3.8) is 0 Å². The van der Waals surface area contributed by atoms with Crippen molar-refractivity contribution in [1.82, 2.24) is 0 Å². The van der Waals surface area contributed by atoms with Crippen LogP contribution in [-0.4, -0.2) is 23.9 Å². The molecule has 0 aromatic rings. The molecule has 0 amide bonds. The molecule has 1 saturated heterocycles. The van der Waals surface area contributed by atoms with Crippen LogP contribution in [0.2, 0.25) is 0 Å². The number of aliphatic hydroxyl groups excluding tert-OH is 1. The van der Waals surface area contributed by atoms with Gasteiger partial charge >= 0.3 is 0 Å². The van der Waals surface area contributed by atoms with Gasteiger partial charge in [0.05, 0.1) is 12.7 Å². The molecule has 2 heteroatoms. The first-order valence-corrected chi connectivity index (χ1v) is 3.01. The molecular formula is C6H12O2. The highest BCUT2D eigenvalue weighted by atomic mass is 16.6. The van der Waals surface area contributed by atoms with Gasteiger partial charge in [-0.15, -0.1) is 0 Å². The van der Waals surface area contributed by atoms with E-state index < -0.39 is 0 Å². The first-order chi connectivity index (χ1) is 3.72. The number of hydrogen-bond donors (Lipinski definition) is 1. The van der Waals surface area contributed by atoms with E-state index in [4.69, 9.17) is 9.84 Å². The molecule has 0 aromatic carbocycles. The Morgan fingerprint density at radius 1 is 1.62 bits per heavy atom. The lowest BCUT2D eigenvalue weighted by molar-refractivity contribution is 0.0922. The molecule has 1 aliphatic rings. The average Bonchev–Trinajstić information content (AvgIpc) is 2.43. The van der Waals surface area contributed by atoms with Gasteiger partial charge in [0.25, 0.3) is 0 Å². The maximum absolute atomic E-state index is 9.14. The van der Waals surface area contributed by atoms with E-state index >= 15 is 0 Å². The molecule has 0 aliphatic carbocycles. The molecule has 1 rings (SSSR count). The predicted molar refractivity (Wildman–Crippen MR) is 30.6 cm³/mol. The highest BCUT2D eigenvalue weighted by Gasteiger charge is 2.32. The standard InChI is InChI=1S/C6H12O2/c1-4(2)6(7)5-3-8-5/h4-7H,3H2,1-2H3/t5-,6-/m0/s1. The third-order valence-electron chi connectivity index (χ3n) is 1.42. The monoisotopic (exact) mass is 116 g/mol. The zero-order valence-corrected chi connectivity index (χ0v) is 5.29. The van der Waals surface area contributed by atoms with Crippen LogP contribution in [-0.2, 0) is 4.74 Å². The van der Waals surface area contributed by atoms with Crippen molar-refractivity contribution in [3.05, 3.63) is 0 Å². The lowest BCUT2D eigenvalue weighted by Crippen LogP contribution is -2.21. The quantitative estimate of drug-likeness (QED) is 0.530. The third kappa shape index (κ3) is 1.20. The largest absolute Gasteiger partial charge is 0.390 e. The molecule has 1 heterocycles. The van der Waals surface area contributed by atoms with Gasteiger partial charge in [0.2, 0.25) is 0 Å². The number of aliphatic hydroxyl groups is 1. The number of rotatable bonds is 2. The van der Waals surface area contributed by atoms with Crippen LogP contribution in [0.1, 0.15) is 13.8 Å². The SMILES string of the molecule is CC(C)[C@H](O)[C@@H]1CO1. The van der Waals surface area contributed by atoms with Gasteiger partial charge in [-0.25, -0.2) is 0 Å². The second-order valence-electron chi connectivity index (χ2n) is 2.61. The van der Waals surface area contributed by atoms with Crippen LogP contribution in [0.4, 0.5) is 0 Å². The summed E-state index contributed by atoms with van der Waals surface area (Å²) >= 11 is 0. The van der Waals surface area contributed by atoms with Crippen molar-refractivity contribution >= 4 is 0 Å². The van der Waals surface area contributed by atoms with Gasteiger partial charge in [-0.1, -0.05) is 13.8 Å². The molecule has 1 N–H and O–H groups in total. The van der Waals surface area contributed by atoms with E-state index in [1.807, 2.05) is 13.8 Å². The van der Waals surface area contributed by atoms with E-state index in [2.05, 4.69) is 0 Å². The molecule has 0 spiro atoms. The number of epoxide rings is 1. The minimum atomic E-state index is -0.241. The Balaban J connectivity index is 2.22. The molecule has 0 radical (unpaired) electrons. The molecule has 2 atom stereocenters. The van der Waals surface area contributed by atoms with Crippen molar-refractivity contribution in [1.29, 1.82) is 0 Å². The van der Waals surface area contributed by atoms with Gasteiger partial charge in [-0.05, 0) is 5.92 Å². The van der Waals surface area contributed by atoms with Crippen LogP contribution in [0.3, 0.4) is 0 Å². The van der Waals surface area contributed by atoms with Crippen molar-refractivity contribution in [2.45, 2.75) is 26.1 Å². The zero-order valence-electron chi connectivity index (χ0n) is 5.29. The van der Waals surface area contributed by atoms with Crippen molar-refractivity contribution < 1.29 is 9.84 Å². The fraction of sp³-hybridized carbons (Fsp3) is 1.00. The van der Waals surface area contributed by atoms with Crippen molar-refractivity contribution in [2.24, 2.45) is 5.92 Å². The fourth-order valence-corrected chi connectivity index (χ4v) is 0.682. The molecule has 1 fully saturated rings. The van der Waals surface area contributed by atoms with Crippen LogP contribution in [0.25, 0.3) is 0 Å². The van der Waals surface area contributed by atoms with E-state index in [-0.39, 0.29) is 12.2 Å². The van der Waals surface area contributed by atoms with E-state index in [0.717, 1.165) is 6.61 Å². The van der Waals surface area contributed by atoms with Crippen molar-refractivity contribution in [2.75, 3.05) is 6.61 Å². The second-order valence-corrected chi connectivity index (χ2v) is 2.61. The minimum absolute atomic E-state index is 0.148. The van der Waals surface area contributed by atoms with E-state index in [1.165, 1.54) is 0 Å². The highest BCUT2D eigenvalue weighted by molar-refractivity contribution is 4.80. The minimum Gasteiger partial charge on any atom is -0.390 e. The molecule has 48 valence electrons. The van der Waals surface area contributed by atoms with Gasteiger partial charge in [-0.3, -0.25) is 0 Å². The van der Waals surface area contributed by atoms with Gasteiger partial charge in [0.1, 0.15) is 6.10 Å². The summed E-state index contributed by atoms with van der Waals surface area (Å²) in [5, 5.41) is 9.14. The average molecular weight is 116 g/mol. The molecule has 8 heavy (non-hydrogen) atoms.